The van der Waals surface area contributed by atoms with Gasteiger partial charge in [-0.1, -0.05) is 30.8 Å². The maximum absolute atomic E-state index is 12.2. The topological polar surface area (TPSA) is 59.8 Å². The van der Waals surface area contributed by atoms with E-state index in [0.29, 0.717) is 16.5 Å². The number of carbonyl (C=O) groups excluding carboxylic acids is 1. The van der Waals surface area contributed by atoms with Gasteiger partial charge in [0.1, 0.15) is 5.82 Å². The van der Waals surface area contributed by atoms with Gasteiger partial charge in [0.05, 0.1) is 5.56 Å². The summed E-state index contributed by atoms with van der Waals surface area (Å²) >= 11 is 4.89. The number of hydrogen-bond donors (Lipinski definition) is 1. The predicted octanol–water partition coefficient (Wildman–Crippen LogP) is 2.84. The number of nitrogens with one attached hydrogen (secondary N) is 1. The molecule has 0 aliphatic carbocycles. The van der Waals surface area contributed by atoms with Crippen molar-refractivity contribution in [2.75, 3.05) is 11.2 Å². The quantitative estimate of drug-likeness (QED) is 0.869. The number of thioether (sulfide) groups is 1. The van der Waals surface area contributed by atoms with Crippen LogP contribution in [0.1, 0.15) is 23.1 Å². The highest BCUT2D eigenvalue weighted by Crippen LogP contribution is 2.18. The van der Waals surface area contributed by atoms with Gasteiger partial charge in [-0.3, -0.25) is 10.2 Å². The second-order valence-corrected chi connectivity index (χ2v) is 5.80. The molecule has 19 heavy (non-hydrogen) atoms. The number of rotatable bonds is 4. The summed E-state index contributed by atoms with van der Waals surface area (Å²) in [4.78, 5) is 12.2. The van der Waals surface area contributed by atoms with Crippen molar-refractivity contribution in [2.45, 2.75) is 19.0 Å². The van der Waals surface area contributed by atoms with Crippen LogP contribution in [0.15, 0.2) is 33.9 Å². The maximum Gasteiger partial charge on any atom is 0.271 e. The van der Waals surface area contributed by atoms with Crippen molar-refractivity contribution >= 4 is 33.6 Å². The summed E-state index contributed by atoms with van der Waals surface area (Å²) in [5, 5.41) is 8.68. The summed E-state index contributed by atoms with van der Waals surface area (Å²) in [5.41, 5.74) is 3.37. The van der Waals surface area contributed by atoms with Crippen LogP contribution in [0.4, 0.5) is 0 Å². The van der Waals surface area contributed by atoms with E-state index in [1.807, 2.05) is 25.1 Å². The lowest BCUT2D eigenvalue weighted by atomic mass is 10.2. The fourth-order valence-corrected chi connectivity index (χ4v) is 2.63. The van der Waals surface area contributed by atoms with Gasteiger partial charge in [-0.05, 0) is 40.7 Å². The Bertz CT molecular complexity index is 599. The van der Waals surface area contributed by atoms with Gasteiger partial charge in [-0.25, -0.2) is 4.68 Å². The van der Waals surface area contributed by atoms with Crippen LogP contribution in [0.5, 0.6) is 0 Å². The number of halogens is 1. The molecular weight excluding hydrogens is 328 g/mol. The fourth-order valence-electron chi connectivity index (χ4n) is 1.50. The van der Waals surface area contributed by atoms with Crippen LogP contribution < -0.4 is 5.43 Å². The molecule has 0 spiro atoms. The molecule has 0 bridgehead atoms. The Morgan fingerprint density at radius 2 is 2.16 bits per heavy atom. The minimum Gasteiger partial charge on any atom is -0.267 e. The molecule has 2 rings (SSSR count). The second kappa shape index (κ2) is 6.21. The summed E-state index contributed by atoms with van der Waals surface area (Å²) in [6.07, 6.45) is 0. The highest BCUT2D eigenvalue weighted by atomic mass is 79.9. The van der Waals surface area contributed by atoms with Crippen LogP contribution in [-0.2, 0) is 0 Å². The summed E-state index contributed by atoms with van der Waals surface area (Å²) in [5.74, 6) is 1.31. The first-order chi connectivity index (χ1) is 9.13. The summed E-state index contributed by atoms with van der Waals surface area (Å²) in [6.45, 7) is 3.82. The molecule has 7 heteroatoms. The molecule has 0 aliphatic heterocycles. The van der Waals surface area contributed by atoms with Crippen LogP contribution in [-0.4, -0.2) is 26.5 Å². The second-order valence-electron chi connectivity index (χ2n) is 3.72. The third kappa shape index (κ3) is 3.16. The van der Waals surface area contributed by atoms with E-state index >= 15 is 0 Å². The first-order valence-corrected chi connectivity index (χ1v) is 7.52. The van der Waals surface area contributed by atoms with Crippen LogP contribution in [0.2, 0.25) is 0 Å². The van der Waals surface area contributed by atoms with Crippen molar-refractivity contribution < 1.29 is 4.79 Å². The van der Waals surface area contributed by atoms with Gasteiger partial charge < -0.3 is 0 Å². The zero-order valence-corrected chi connectivity index (χ0v) is 13.0. The molecule has 5 nitrogen and oxygen atoms in total. The minimum absolute atomic E-state index is 0.201. The summed E-state index contributed by atoms with van der Waals surface area (Å²) in [6, 6.07) is 7.27. The number of aryl methyl sites for hydroxylation is 1. The van der Waals surface area contributed by atoms with E-state index < -0.39 is 0 Å². The molecule has 0 saturated carbocycles. The van der Waals surface area contributed by atoms with Gasteiger partial charge in [-0.15, -0.1) is 10.2 Å². The molecule has 0 unspecified atom stereocenters. The van der Waals surface area contributed by atoms with E-state index in [4.69, 9.17) is 0 Å². The maximum atomic E-state index is 12.2. The lowest BCUT2D eigenvalue weighted by molar-refractivity contribution is 0.100. The van der Waals surface area contributed by atoms with Gasteiger partial charge in [0, 0.05) is 4.47 Å². The van der Waals surface area contributed by atoms with Crippen molar-refractivity contribution in [1.82, 2.24) is 14.9 Å². The molecule has 0 fully saturated rings. The Labute approximate surface area is 123 Å². The van der Waals surface area contributed by atoms with Gasteiger partial charge in [0.15, 0.2) is 0 Å². The molecule has 0 saturated heterocycles. The van der Waals surface area contributed by atoms with Gasteiger partial charge in [-0.2, -0.15) is 0 Å². The Kier molecular flexibility index (Phi) is 4.60. The monoisotopic (exact) mass is 340 g/mol. The molecule has 0 radical (unpaired) electrons. The van der Waals surface area contributed by atoms with E-state index in [0.717, 1.165) is 10.2 Å². The average Bonchev–Trinajstić information content (AvgIpc) is 2.72. The number of amides is 1. The number of hydrogen-bond acceptors (Lipinski definition) is 4. The van der Waals surface area contributed by atoms with Crippen molar-refractivity contribution in [3.8, 4) is 0 Å². The smallest absolute Gasteiger partial charge is 0.267 e. The lowest BCUT2D eigenvalue weighted by Crippen LogP contribution is -2.25. The fraction of sp³-hybridized carbons (Fsp3) is 0.250. The molecule has 1 N–H and O–H groups in total. The molecule has 1 amide bonds. The Morgan fingerprint density at radius 1 is 1.42 bits per heavy atom. The van der Waals surface area contributed by atoms with Gasteiger partial charge in [0.2, 0.25) is 5.16 Å². The zero-order chi connectivity index (χ0) is 13.8. The van der Waals surface area contributed by atoms with E-state index in [9.17, 15) is 4.79 Å². The largest absolute Gasteiger partial charge is 0.271 e. The van der Waals surface area contributed by atoms with Crippen molar-refractivity contribution in [3.63, 3.8) is 0 Å². The lowest BCUT2D eigenvalue weighted by Gasteiger charge is -2.10. The van der Waals surface area contributed by atoms with E-state index in [1.54, 1.807) is 17.7 Å². The third-order valence-corrected chi connectivity index (χ3v) is 3.90. The predicted molar refractivity (Wildman–Crippen MR) is 79.0 cm³/mol. The summed E-state index contributed by atoms with van der Waals surface area (Å²) in [7, 11) is 0. The number of carbonyl (C=O) groups is 1. The van der Waals surface area contributed by atoms with Gasteiger partial charge >= 0.3 is 0 Å². The molecule has 1 aromatic heterocycles. The SMILES string of the molecule is CCSc1nnc(C)n1NC(=O)c1ccccc1Br. The van der Waals surface area contributed by atoms with Crippen LogP contribution in [0.3, 0.4) is 0 Å². The molecule has 1 heterocycles. The average molecular weight is 341 g/mol. The van der Waals surface area contributed by atoms with Crippen LogP contribution in [0, 0.1) is 6.92 Å². The zero-order valence-electron chi connectivity index (χ0n) is 10.6. The Balaban J connectivity index is 2.24. The molecule has 100 valence electrons. The van der Waals surface area contributed by atoms with Crippen molar-refractivity contribution in [1.29, 1.82) is 0 Å². The number of nitrogens with zero attached hydrogens (tertiary/aromatic N) is 3. The molecule has 0 aliphatic rings. The van der Waals surface area contributed by atoms with Crippen molar-refractivity contribution in [2.24, 2.45) is 0 Å². The standard InChI is InChI=1S/C12H13BrN4OS/c1-3-19-12-15-14-8(2)17(12)16-11(18)9-6-4-5-7-10(9)13/h4-7H,3H2,1-2H3,(H,16,18). The Hall–Kier alpha value is -1.34. The number of aromatic nitrogens is 3. The highest BCUT2D eigenvalue weighted by molar-refractivity contribution is 9.10. The summed E-state index contributed by atoms with van der Waals surface area (Å²) < 4.78 is 2.36. The van der Waals surface area contributed by atoms with Crippen LogP contribution >= 0.6 is 27.7 Å². The molecule has 2 aromatic rings. The minimum atomic E-state index is -0.201. The third-order valence-electron chi connectivity index (χ3n) is 2.40. The number of benzene rings is 1. The van der Waals surface area contributed by atoms with E-state index in [2.05, 4.69) is 31.6 Å². The van der Waals surface area contributed by atoms with Crippen molar-refractivity contribution in [3.05, 3.63) is 40.1 Å². The Morgan fingerprint density at radius 3 is 2.84 bits per heavy atom. The van der Waals surface area contributed by atoms with Crippen LogP contribution in [0.25, 0.3) is 0 Å². The normalized spacial score (nSPS) is 10.5. The van der Waals surface area contributed by atoms with E-state index in [-0.39, 0.29) is 5.91 Å². The molecule has 0 atom stereocenters. The molecule has 1 aromatic carbocycles. The molecular formula is C12H13BrN4OS. The first kappa shape index (κ1) is 14.1. The highest BCUT2D eigenvalue weighted by Gasteiger charge is 2.14. The van der Waals surface area contributed by atoms with Gasteiger partial charge in [0.25, 0.3) is 5.91 Å². The van der Waals surface area contributed by atoms with E-state index in [1.165, 1.54) is 11.8 Å². The first-order valence-electron chi connectivity index (χ1n) is 5.74.